The number of nitrogens with one attached hydrogen (secondary N) is 1. The summed E-state index contributed by atoms with van der Waals surface area (Å²) in [5, 5.41) is 12.3. The van der Waals surface area contributed by atoms with E-state index in [4.69, 9.17) is 4.74 Å². The van der Waals surface area contributed by atoms with Gasteiger partial charge in [0, 0.05) is 6.42 Å². The van der Waals surface area contributed by atoms with Crippen LogP contribution in [-0.2, 0) is 16.8 Å². The third-order valence-electron chi connectivity index (χ3n) is 6.13. The molecular weight excluding hydrogens is 377 g/mol. The first kappa shape index (κ1) is 20.7. The Labute approximate surface area is 177 Å². The second-order valence-corrected chi connectivity index (χ2v) is 8.12. The highest BCUT2D eigenvalue weighted by Gasteiger charge is 2.42. The van der Waals surface area contributed by atoms with Gasteiger partial charge in [0.25, 0.3) is 0 Å². The van der Waals surface area contributed by atoms with Crippen LogP contribution in [0.3, 0.4) is 0 Å². The number of quaternary nitrogens is 1. The van der Waals surface area contributed by atoms with Crippen LogP contribution < -0.4 is 4.90 Å². The van der Waals surface area contributed by atoms with Crippen LogP contribution in [0.1, 0.15) is 22.6 Å². The molecule has 30 heavy (non-hydrogen) atoms. The van der Waals surface area contributed by atoms with E-state index >= 15 is 0 Å². The minimum absolute atomic E-state index is 0.141. The minimum Gasteiger partial charge on any atom is -0.384 e. The summed E-state index contributed by atoms with van der Waals surface area (Å²) in [7, 11) is 0. The molecule has 2 atom stereocenters. The zero-order valence-corrected chi connectivity index (χ0v) is 17.1. The molecule has 3 aromatic carbocycles. The SMILES string of the molecule is O[C@](Cc1ccccc1)(c1ccc(F)cc1)[C@H](C[NH+]1CCOCC1)c1ccccc1. The first-order chi connectivity index (χ1) is 14.6. The summed E-state index contributed by atoms with van der Waals surface area (Å²) < 4.78 is 19.2. The van der Waals surface area contributed by atoms with Gasteiger partial charge in [-0.2, -0.15) is 0 Å². The van der Waals surface area contributed by atoms with Crippen LogP contribution in [0.4, 0.5) is 4.39 Å². The maximum Gasteiger partial charge on any atom is 0.123 e. The molecule has 3 aromatic rings. The second-order valence-electron chi connectivity index (χ2n) is 8.12. The maximum atomic E-state index is 13.7. The summed E-state index contributed by atoms with van der Waals surface area (Å²) in [6, 6.07) is 26.6. The van der Waals surface area contributed by atoms with Crippen LogP contribution in [-0.4, -0.2) is 38.0 Å². The first-order valence-corrected chi connectivity index (χ1v) is 10.6. The molecule has 0 bridgehead atoms. The van der Waals surface area contributed by atoms with Crippen molar-refractivity contribution in [1.82, 2.24) is 0 Å². The number of hydrogen-bond acceptors (Lipinski definition) is 2. The van der Waals surface area contributed by atoms with Crippen molar-refractivity contribution in [2.24, 2.45) is 0 Å². The highest BCUT2D eigenvalue weighted by molar-refractivity contribution is 5.34. The van der Waals surface area contributed by atoms with Gasteiger partial charge < -0.3 is 14.7 Å². The average Bonchev–Trinajstić information content (AvgIpc) is 2.80. The average molecular weight is 407 g/mol. The lowest BCUT2D eigenvalue weighted by atomic mass is 9.73. The van der Waals surface area contributed by atoms with Crippen LogP contribution in [0, 0.1) is 5.82 Å². The zero-order chi connectivity index (χ0) is 20.8. The highest BCUT2D eigenvalue weighted by Crippen LogP contribution is 2.39. The number of benzene rings is 3. The molecule has 2 N–H and O–H groups in total. The number of aliphatic hydroxyl groups is 1. The molecule has 1 aliphatic rings. The molecule has 0 aliphatic carbocycles. The van der Waals surface area contributed by atoms with Crippen LogP contribution in [0.2, 0.25) is 0 Å². The largest absolute Gasteiger partial charge is 0.384 e. The summed E-state index contributed by atoms with van der Waals surface area (Å²) in [6.07, 6.45) is 0.461. The molecule has 4 heteroatoms. The van der Waals surface area contributed by atoms with E-state index in [1.165, 1.54) is 17.0 Å². The van der Waals surface area contributed by atoms with Gasteiger partial charge in [-0.15, -0.1) is 0 Å². The van der Waals surface area contributed by atoms with Crippen molar-refractivity contribution in [3.05, 3.63) is 107 Å². The van der Waals surface area contributed by atoms with E-state index in [0.717, 1.165) is 49.5 Å². The van der Waals surface area contributed by atoms with Crippen molar-refractivity contribution >= 4 is 0 Å². The Hall–Kier alpha value is -2.53. The van der Waals surface area contributed by atoms with Crippen molar-refractivity contribution in [1.29, 1.82) is 0 Å². The maximum absolute atomic E-state index is 13.7. The Kier molecular flexibility index (Phi) is 6.58. The Morgan fingerprint density at radius 1 is 0.867 bits per heavy atom. The molecule has 156 valence electrons. The van der Waals surface area contributed by atoms with Crippen molar-refractivity contribution < 1.29 is 19.1 Å². The van der Waals surface area contributed by atoms with Crippen molar-refractivity contribution in [2.75, 3.05) is 32.8 Å². The number of rotatable bonds is 7. The summed E-state index contributed by atoms with van der Waals surface area (Å²) in [4.78, 5) is 1.42. The number of halogens is 1. The smallest absolute Gasteiger partial charge is 0.123 e. The molecule has 3 nitrogen and oxygen atoms in total. The number of hydrogen-bond donors (Lipinski definition) is 2. The van der Waals surface area contributed by atoms with Gasteiger partial charge in [-0.1, -0.05) is 72.8 Å². The molecule has 1 saturated heterocycles. The summed E-state index contributed by atoms with van der Waals surface area (Å²) >= 11 is 0. The molecule has 0 aromatic heterocycles. The Morgan fingerprint density at radius 3 is 2.10 bits per heavy atom. The molecule has 1 heterocycles. The number of ether oxygens (including phenoxy) is 1. The van der Waals surface area contributed by atoms with Gasteiger partial charge in [0.15, 0.2) is 0 Å². The van der Waals surface area contributed by atoms with Crippen molar-refractivity contribution in [3.63, 3.8) is 0 Å². The third kappa shape index (κ3) is 4.78. The fraction of sp³-hybridized carbons (Fsp3) is 0.308. The topological polar surface area (TPSA) is 33.9 Å². The minimum atomic E-state index is -1.16. The van der Waals surface area contributed by atoms with E-state index in [2.05, 4.69) is 12.1 Å². The molecule has 0 amide bonds. The Balaban J connectivity index is 1.77. The van der Waals surface area contributed by atoms with Gasteiger partial charge >= 0.3 is 0 Å². The molecule has 1 fully saturated rings. The lowest BCUT2D eigenvalue weighted by Gasteiger charge is -2.39. The lowest BCUT2D eigenvalue weighted by molar-refractivity contribution is -0.910. The van der Waals surface area contributed by atoms with Crippen LogP contribution >= 0.6 is 0 Å². The van der Waals surface area contributed by atoms with E-state index in [1.807, 2.05) is 48.5 Å². The lowest BCUT2D eigenvalue weighted by Crippen LogP contribution is -3.14. The van der Waals surface area contributed by atoms with Crippen LogP contribution in [0.15, 0.2) is 84.9 Å². The monoisotopic (exact) mass is 406 g/mol. The Morgan fingerprint density at radius 2 is 1.47 bits per heavy atom. The third-order valence-corrected chi connectivity index (χ3v) is 6.13. The van der Waals surface area contributed by atoms with E-state index in [1.54, 1.807) is 12.1 Å². The quantitative estimate of drug-likeness (QED) is 0.633. The standard InChI is InChI=1S/C26H28FNO2/c27-24-13-11-23(12-14-24)26(29,19-21-7-3-1-4-8-21)25(22-9-5-2-6-10-22)20-28-15-17-30-18-16-28/h1-14,25,29H,15-20H2/p+1/t25-,26-/m1/s1. The first-order valence-electron chi connectivity index (χ1n) is 10.6. The summed E-state index contributed by atoms with van der Waals surface area (Å²) in [5.74, 6) is -0.437. The molecule has 4 rings (SSSR count). The highest BCUT2D eigenvalue weighted by atomic mass is 19.1. The normalized spacial score (nSPS) is 17.9. The predicted molar refractivity (Wildman–Crippen MR) is 116 cm³/mol. The fourth-order valence-electron chi connectivity index (χ4n) is 4.47. The van der Waals surface area contributed by atoms with Gasteiger partial charge in [-0.05, 0) is 28.8 Å². The van der Waals surface area contributed by atoms with Crippen LogP contribution in [0.5, 0.6) is 0 Å². The molecule has 0 spiro atoms. The fourth-order valence-corrected chi connectivity index (χ4v) is 4.47. The van der Waals surface area contributed by atoms with Crippen LogP contribution in [0.25, 0.3) is 0 Å². The molecular formula is C26H29FNO2+. The number of morpholine rings is 1. The molecule has 0 unspecified atom stereocenters. The zero-order valence-electron chi connectivity index (χ0n) is 17.1. The van der Waals surface area contributed by atoms with E-state index in [9.17, 15) is 9.50 Å². The van der Waals surface area contributed by atoms with Gasteiger partial charge in [0.2, 0.25) is 0 Å². The van der Waals surface area contributed by atoms with Gasteiger partial charge in [-0.3, -0.25) is 0 Å². The predicted octanol–water partition coefficient (Wildman–Crippen LogP) is 2.95. The van der Waals surface area contributed by atoms with E-state index in [0.29, 0.717) is 6.42 Å². The molecule has 0 radical (unpaired) electrons. The molecule has 0 saturated carbocycles. The second kappa shape index (κ2) is 9.52. The summed E-state index contributed by atoms with van der Waals surface area (Å²) in [6.45, 7) is 4.12. The van der Waals surface area contributed by atoms with Gasteiger partial charge in [-0.25, -0.2) is 4.39 Å². The summed E-state index contributed by atoms with van der Waals surface area (Å²) in [5.41, 5.74) is 1.73. The molecule has 1 aliphatic heterocycles. The van der Waals surface area contributed by atoms with Crippen molar-refractivity contribution in [2.45, 2.75) is 17.9 Å². The van der Waals surface area contributed by atoms with E-state index < -0.39 is 5.60 Å². The van der Waals surface area contributed by atoms with Gasteiger partial charge in [0.1, 0.15) is 24.5 Å². The Bertz CT molecular complexity index is 911. The van der Waals surface area contributed by atoms with E-state index in [-0.39, 0.29) is 11.7 Å². The van der Waals surface area contributed by atoms with Crippen molar-refractivity contribution in [3.8, 4) is 0 Å². The van der Waals surface area contributed by atoms with Gasteiger partial charge in [0.05, 0.1) is 25.7 Å².